The molecule has 2 heterocycles. The first kappa shape index (κ1) is 17.7. The van der Waals surface area contributed by atoms with Crippen molar-refractivity contribution in [1.82, 2.24) is 19.6 Å². The van der Waals surface area contributed by atoms with Crippen LogP contribution in [0.5, 0.6) is 0 Å². The Morgan fingerprint density at radius 1 is 1.23 bits per heavy atom. The predicted octanol–water partition coefficient (Wildman–Crippen LogP) is 3.17. The molecular weight excluding hydrogens is 352 g/mol. The summed E-state index contributed by atoms with van der Waals surface area (Å²) in [5.74, 6) is 0.152. The highest BCUT2D eigenvalue weighted by atomic mass is 35.5. The number of aromatic nitrogens is 4. The summed E-state index contributed by atoms with van der Waals surface area (Å²) < 4.78 is 3.30. The third kappa shape index (κ3) is 3.76. The lowest BCUT2D eigenvalue weighted by molar-refractivity contribution is 0.102. The maximum absolute atomic E-state index is 12.3. The number of carbonyl (C=O) groups is 1. The first-order valence-electron chi connectivity index (χ1n) is 7.98. The summed E-state index contributed by atoms with van der Waals surface area (Å²) in [6.07, 6.45) is 1.64. The SMILES string of the molecule is Cc1nn(Cc2ccc(C(=O)Nc3ccn(CC#N)n3)cc2)c(C)c1Cl. The molecule has 0 radical (unpaired) electrons. The molecule has 2 aromatic heterocycles. The van der Waals surface area contributed by atoms with E-state index in [1.165, 1.54) is 4.68 Å². The van der Waals surface area contributed by atoms with E-state index in [2.05, 4.69) is 15.5 Å². The molecule has 0 saturated heterocycles. The van der Waals surface area contributed by atoms with Gasteiger partial charge in [-0.1, -0.05) is 23.7 Å². The van der Waals surface area contributed by atoms with Crippen LogP contribution >= 0.6 is 11.6 Å². The second-order valence-electron chi connectivity index (χ2n) is 5.85. The fourth-order valence-corrected chi connectivity index (χ4v) is 2.68. The lowest BCUT2D eigenvalue weighted by Gasteiger charge is -2.06. The first-order valence-corrected chi connectivity index (χ1v) is 8.36. The van der Waals surface area contributed by atoms with Gasteiger partial charge in [0.15, 0.2) is 5.82 Å². The highest BCUT2D eigenvalue weighted by molar-refractivity contribution is 6.31. The maximum Gasteiger partial charge on any atom is 0.256 e. The molecule has 3 aromatic rings. The van der Waals surface area contributed by atoms with Gasteiger partial charge < -0.3 is 5.32 Å². The number of amides is 1. The molecule has 1 amide bonds. The van der Waals surface area contributed by atoms with Crippen LogP contribution in [0.3, 0.4) is 0 Å². The fraction of sp³-hybridized carbons (Fsp3) is 0.222. The molecule has 0 fully saturated rings. The third-order valence-corrected chi connectivity index (χ3v) is 4.50. The number of rotatable bonds is 5. The van der Waals surface area contributed by atoms with Crippen molar-refractivity contribution < 1.29 is 4.79 Å². The normalized spacial score (nSPS) is 10.5. The van der Waals surface area contributed by atoms with Crippen molar-refractivity contribution >= 4 is 23.3 Å². The predicted molar refractivity (Wildman–Crippen MR) is 98.0 cm³/mol. The summed E-state index contributed by atoms with van der Waals surface area (Å²) in [7, 11) is 0. The molecule has 0 saturated carbocycles. The molecule has 0 atom stereocenters. The van der Waals surface area contributed by atoms with Gasteiger partial charge in [-0.25, -0.2) is 0 Å². The number of aryl methyl sites for hydroxylation is 1. The van der Waals surface area contributed by atoms with Crippen molar-refractivity contribution in [1.29, 1.82) is 5.26 Å². The van der Waals surface area contributed by atoms with Crippen LogP contribution in [0.2, 0.25) is 5.02 Å². The summed E-state index contributed by atoms with van der Waals surface area (Å²) in [5, 5.41) is 20.5. The number of benzene rings is 1. The molecule has 1 aromatic carbocycles. The van der Waals surface area contributed by atoms with Gasteiger partial charge in [-0.05, 0) is 31.5 Å². The van der Waals surface area contributed by atoms with Crippen molar-refractivity contribution in [3.63, 3.8) is 0 Å². The van der Waals surface area contributed by atoms with E-state index in [1.54, 1.807) is 24.4 Å². The number of nitriles is 1. The largest absolute Gasteiger partial charge is 0.305 e. The van der Waals surface area contributed by atoms with Crippen molar-refractivity contribution in [2.24, 2.45) is 0 Å². The van der Waals surface area contributed by atoms with Crippen molar-refractivity contribution in [3.8, 4) is 6.07 Å². The average Bonchev–Trinajstić information content (AvgIpc) is 3.16. The highest BCUT2D eigenvalue weighted by Crippen LogP contribution is 2.20. The lowest BCUT2D eigenvalue weighted by Crippen LogP contribution is -2.13. The zero-order valence-electron chi connectivity index (χ0n) is 14.4. The Hall–Kier alpha value is -3.11. The zero-order chi connectivity index (χ0) is 18.7. The van der Waals surface area contributed by atoms with Crippen LogP contribution < -0.4 is 5.32 Å². The molecule has 0 aliphatic heterocycles. The molecule has 26 heavy (non-hydrogen) atoms. The number of anilines is 1. The van der Waals surface area contributed by atoms with Crippen LogP contribution in [0.25, 0.3) is 0 Å². The molecule has 0 unspecified atom stereocenters. The Labute approximate surface area is 155 Å². The van der Waals surface area contributed by atoms with E-state index < -0.39 is 0 Å². The standard InChI is InChI=1S/C18H17ClN6O/c1-12-17(19)13(2)25(22-12)11-14-3-5-15(6-4-14)18(26)21-16-7-9-24(23-16)10-8-20/h3-7,9H,10-11H2,1-2H3,(H,21,23,26). The smallest absolute Gasteiger partial charge is 0.256 e. The van der Waals surface area contributed by atoms with E-state index in [9.17, 15) is 4.79 Å². The van der Waals surface area contributed by atoms with Crippen molar-refractivity contribution in [2.45, 2.75) is 26.9 Å². The molecule has 132 valence electrons. The number of halogens is 1. The Balaban J connectivity index is 1.67. The molecule has 8 heteroatoms. The lowest BCUT2D eigenvalue weighted by atomic mass is 10.1. The van der Waals surface area contributed by atoms with E-state index in [0.29, 0.717) is 22.9 Å². The maximum atomic E-state index is 12.3. The van der Waals surface area contributed by atoms with Gasteiger partial charge >= 0.3 is 0 Å². The van der Waals surface area contributed by atoms with Crippen LogP contribution in [0.1, 0.15) is 27.3 Å². The van der Waals surface area contributed by atoms with E-state index in [-0.39, 0.29) is 12.5 Å². The van der Waals surface area contributed by atoms with Gasteiger partial charge in [-0.3, -0.25) is 14.2 Å². The monoisotopic (exact) mass is 368 g/mol. The molecule has 0 aliphatic rings. The van der Waals surface area contributed by atoms with Gasteiger partial charge in [0.2, 0.25) is 0 Å². The summed E-state index contributed by atoms with van der Waals surface area (Å²) in [6, 6.07) is 10.9. The number of hydrogen-bond acceptors (Lipinski definition) is 4. The molecular formula is C18H17ClN6O. The summed E-state index contributed by atoms with van der Waals surface area (Å²) in [5.41, 5.74) is 3.26. The second kappa shape index (κ2) is 7.42. The second-order valence-corrected chi connectivity index (χ2v) is 6.23. The molecule has 3 rings (SSSR count). The van der Waals surface area contributed by atoms with Gasteiger partial charge in [0.25, 0.3) is 5.91 Å². The zero-order valence-corrected chi connectivity index (χ0v) is 15.2. The average molecular weight is 369 g/mol. The van der Waals surface area contributed by atoms with E-state index in [4.69, 9.17) is 16.9 Å². The van der Waals surface area contributed by atoms with Gasteiger partial charge in [0.05, 0.1) is 29.0 Å². The minimum absolute atomic E-state index is 0.140. The number of nitrogens with one attached hydrogen (secondary N) is 1. The number of carbonyl (C=O) groups excluding carboxylic acids is 1. The van der Waals surface area contributed by atoms with Crippen LogP contribution in [0, 0.1) is 25.2 Å². The Morgan fingerprint density at radius 3 is 2.58 bits per heavy atom. The Bertz CT molecular complexity index is 980. The van der Waals surface area contributed by atoms with E-state index in [1.807, 2.05) is 36.7 Å². The van der Waals surface area contributed by atoms with Gasteiger partial charge in [0, 0.05) is 17.8 Å². The van der Waals surface area contributed by atoms with Crippen LogP contribution in [0.4, 0.5) is 5.82 Å². The van der Waals surface area contributed by atoms with Gasteiger partial charge in [-0.2, -0.15) is 15.5 Å². The number of hydrogen-bond donors (Lipinski definition) is 1. The molecule has 0 aliphatic carbocycles. The minimum Gasteiger partial charge on any atom is -0.305 e. The topological polar surface area (TPSA) is 88.5 Å². The Morgan fingerprint density at radius 2 is 1.96 bits per heavy atom. The third-order valence-electron chi connectivity index (χ3n) is 3.96. The summed E-state index contributed by atoms with van der Waals surface area (Å²) in [6.45, 7) is 4.52. The van der Waals surface area contributed by atoms with Crippen molar-refractivity contribution in [2.75, 3.05) is 5.32 Å². The van der Waals surface area contributed by atoms with Crippen LogP contribution in [-0.2, 0) is 13.1 Å². The fourth-order valence-electron chi connectivity index (χ4n) is 2.54. The van der Waals surface area contributed by atoms with Crippen molar-refractivity contribution in [3.05, 3.63) is 64.1 Å². The van der Waals surface area contributed by atoms with E-state index in [0.717, 1.165) is 17.0 Å². The van der Waals surface area contributed by atoms with Crippen LogP contribution in [0.15, 0.2) is 36.5 Å². The quantitative estimate of drug-likeness (QED) is 0.749. The molecule has 0 spiro atoms. The van der Waals surface area contributed by atoms with Crippen LogP contribution in [-0.4, -0.2) is 25.5 Å². The van der Waals surface area contributed by atoms with Gasteiger partial charge in [-0.15, -0.1) is 0 Å². The van der Waals surface area contributed by atoms with E-state index >= 15 is 0 Å². The number of nitrogens with zero attached hydrogens (tertiary/aromatic N) is 5. The highest BCUT2D eigenvalue weighted by Gasteiger charge is 2.11. The summed E-state index contributed by atoms with van der Waals surface area (Å²) >= 11 is 6.17. The first-order chi connectivity index (χ1) is 12.5. The minimum atomic E-state index is -0.257. The van der Waals surface area contributed by atoms with Gasteiger partial charge in [0.1, 0.15) is 6.54 Å². The molecule has 1 N–H and O–H groups in total. The summed E-state index contributed by atoms with van der Waals surface area (Å²) in [4.78, 5) is 12.3. The molecule has 7 nitrogen and oxygen atoms in total. The molecule has 0 bridgehead atoms. The Kier molecular flexibility index (Phi) is 5.05.